The third-order valence-corrected chi connectivity index (χ3v) is 16.6. The molecule has 3 heteroatoms. The standard InChI is InChI=1S/C75H47N3/c1-3-21-48(22-4-1)50-25-17-27-52(43-50)54-29-19-31-56(45-54)67-47-68(57-32-20-30-55(46-57)53-28-18-26-51(44-53)49-23-5-2-6-24-49)77-74(76-67)78-69-42-16-12-38-63(69)71-61-36-8-7-35-60(61)70-62-37-11-15-41-66(62)75(72(70)73(71)78)64-39-13-9-33-58(64)59-34-10-14-40-65(59)75/h1-47H. The van der Waals surface area contributed by atoms with Crippen LogP contribution in [0.3, 0.4) is 0 Å². The summed E-state index contributed by atoms with van der Waals surface area (Å²) in [6.45, 7) is 0. The van der Waals surface area contributed by atoms with E-state index in [1.54, 1.807) is 0 Å². The van der Waals surface area contributed by atoms with Crippen molar-refractivity contribution in [1.29, 1.82) is 0 Å². The van der Waals surface area contributed by atoms with Crippen LogP contribution in [0, 0.1) is 0 Å². The molecule has 1 spiro atoms. The van der Waals surface area contributed by atoms with E-state index in [-0.39, 0.29) is 0 Å². The highest BCUT2D eigenvalue weighted by atomic mass is 15.2. The predicted molar refractivity (Wildman–Crippen MR) is 323 cm³/mol. The number of benzene rings is 12. The molecule has 0 amide bonds. The number of nitrogens with zero attached hydrogens (tertiary/aromatic N) is 3. The highest BCUT2D eigenvalue weighted by molar-refractivity contribution is 6.27. The van der Waals surface area contributed by atoms with Crippen molar-refractivity contribution in [2.24, 2.45) is 0 Å². The van der Waals surface area contributed by atoms with E-state index in [9.17, 15) is 0 Å². The molecule has 12 aromatic carbocycles. The van der Waals surface area contributed by atoms with Crippen LogP contribution < -0.4 is 0 Å². The van der Waals surface area contributed by atoms with Crippen LogP contribution in [-0.2, 0) is 5.41 Å². The minimum absolute atomic E-state index is 0.616. The number of fused-ring (bicyclic) bond motifs is 17. The largest absolute Gasteiger partial charge is 0.278 e. The van der Waals surface area contributed by atoms with Crippen LogP contribution >= 0.6 is 0 Å². The number of para-hydroxylation sites is 1. The van der Waals surface area contributed by atoms with E-state index >= 15 is 0 Å². The van der Waals surface area contributed by atoms with Crippen molar-refractivity contribution in [2.75, 3.05) is 0 Å². The fourth-order valence-corrected chi connectivity index (χ4v) is 13.3. The van der Waals surface area contributed by atoms with Crippen molar-refractivity contribution in [1.82, 2.24) is 14.5 Å². The molecule has 2 aromatic heterocycles. The van der Waals surface area contributed by atoms with Crippen molar-refractivity contribution < 1.29 is 0 Å². The van der Waals surface area contributed by atoms with Gasteiger partial charge >= 0.3 is 0 Å². The van der Waals surface area contributed by atoms with Gasteiger partial charge in [0.05, 0.1) is 27.8 Å². The first kappa shape index (κ1) is 44.1. The first-order valence-electron chi connectivity index (χ1n) is 26.9. The van der Waals surface area contributed by atoms with Gasteiger partial charge in [-0.15, -0.1) is 0 Å². The lowest BCUT2D eigenvalue weighted by Crippen LogP contribution is -2.26. The highest BCUT2D eigenvalue weighted by Gasteiger charge is 2.53. The smallest absolute Gasteiger partial charge is 0.235 e. The van der Waals surface area contributed by atoms with Gasteiger partial charge in [0.1, 0.15) is 0 Å². The van der Waals surface area contributed by atoms with Crippen molar-refractivity contribution >= 4 is 32.6 Å². The minimum Gasteiger partial charge on any atom is -0.278 e. The molecule has 0 saturated heterocycles. The van der Waals surface area contributed by atoms with Gasteiger partial charge in [-0.3, -0.25) is 4.57 Å². The van der Waals surface area contributed by atoms with E-state index in [1.807, 2.05) is 0 Å². The fraction of sp³-hybridized carbons (Fsp3) is 0.0133. The first-order chi connectivity index (χ1) is 38.7. The third-order valence-electron chi connectivity index (χ3n) is 16.6. The molecule has 0 bridgehead atoms. The van der Waals surface area contributed by atoms with Crippen LogP contribution in [0.4, 0.5) is 0 Å². The van der Waals surface area contributed by atoms with Crippen molar-refractivity contribution in [3.8, 4) is 95.2 Å². The average Bonchev–Trinajstić information content (AvgIpc) is 3.48. The predicted octanol–water partition coefficient (Wildman–Crippen LogP) is 19.1. The quantitative estimate of drug-likeness (QED) is 0.159. The molecule has 0 radical (unpaired) electrons. The summed E-state index contributed by atoms with van der Waals surface area (Å²) < 4.78 is 2.42. The minimum atomic E-state index is -0.640. The van der Waals surface area contributed by atoms with Gasteiger partial charge in [-0.1, -0.05) is 249 Å². The molecule has 0 atom stereocenters. The number of hydrogen-bond donors (Lipinski definition) is 0. The van der Waals surface area contributed by atoms with E-state index in [1.165, 1.54) is 82.9 Å². The second kappa shape index (κ2) is 17.4. The zero-order valence-electron chi connectivity index (χ0n) is 42.5. The summed E-state index contributed by atoms with van der Waals surface area (Å²) in [5, 5.41) is 4.81. The van der Waals surface area contributed by atoms with E-state index in [2.05, 4.69) is 290 Å². The molecule has 362 valence electrons. The Balaban J connectivity index is 0.994. The maximum atomic E-state index is 5.81. The Bertz CT molecular complexity index is 4550. The lowest BCUT2D eigenvalue weighted by molar-refractivity contribution is 0.796. The van der Waals surface area contributed by atoms with Crippen LogP contribution in [0.2, 0.25) is 0 Å². The SMILES string of the molecule is c1ccc(-c2cccc(-c3cccc(-c4cc(-c5cccc(-c6cccc(-c7ccccc7)c6)c5)nc(-n5c6ccccc6c6c7ccccc7c7c(c65)C5(c6ccccc6-c6ccccc65)c5ccccc5-7)n4)c3)c2)cc1. The molecule has 78 heavy (non-hydrogen) atoms. The van der Waals surface area contributed by atoms with Gasteiger partial charge in [0.2, 0.25) is 5.95 Å². The normalized spacial score (nSPS) is 12.7. The molecule has 0 N–H and O–H groups in total. The van der Waals surface area contributed by atoms with Gasteiger partial charge < -0.3 is 0 Å². The number of rotatable bonds is 7. The number of hydrogen-bond acceptors (Lipinski definition) is 2. The second-order valence-electron chi connectivity index (χ2n) is 20.8. The van der Waals surface area contributed by atoms with Crippen molar-refractivity contribution in [3.05, 3.63) is 307 Å². The lowest BCUT2D eigenvalue weighted by atomic mass is 9.70. The van der Waals surface area contributed by atoms with Gasteiger partial charge in [-0.05, 0) is 131 Å². The molecule has 2 aliphatic rings. The second-order valence-corrected chi connectivity index (χ2v) is 20.8. The maximum Gasteiger partial charge on any atom is 0.235 e. The van der Waals surface area contributed by atoms with Gasteiger partial charge in [0.15, 0.2) is 0 Å². The third kappa shape index (κ3) is 6.58. The van der Waals surface area contributed by atoms with Gasteiger partial charge in [0, 0.05) is 27.5 Å². The maximum absolute atomic E-state index is 5.81. The summed E-state index contributed by atoms with van der Waals surface area (Å²) >= 11 is 0. The zero-order valence-corrected chi connectivity index (χ0v) is 42.5. The van der Waals surface area contributed by atoms with Crippen LogP contribution in [0.25, 0.3) is 128 Å². The van der Waals surface area contributed by atoms with E-state index in [4.69, 9.17) is 9.97 Å². The number of aromatic nitrogens is 3. The molecule has 16 rings (SSSR count). The highest BCUT2D eigenvalue weighted by Crippen LogP contribution is 2.66. The monoisotopic (exact) mass is 989 g/mol. The molecule has 0 aliphatic heterocycles. The Labute approximate surface area is 452 Å². The Morgan fingerprint density at radius 2 is 0.654 bits per heavy atom. The van der Waals surface area contributed by atoms with E-state index in [0.717, 1.165) is 61.2 Å². The van der Waals surface area contributed by atoms with Crippen LogP contribution in [-0.4, -0.2) is 14.5 Å². The zero-order chi connectivity index (χ0) is 51.3. The van der Waals surface area contributed by atoms with Crippen LogP contribution in [0.15, 0.2) is 285 Å². The summed E-state index contributed by atoms with van der Waals surface area (Å²) in [6, 6.07) is 104. The Kier molecular flexibility index (Phi) is 9.85. The topological polar surface area (TPSA) is 30.7 Å². The summed E-state index contributed by atoms with van der Waals surface area (Å²) in [4.78, 5) is 11.6. The summed E-state index contributed by atoms with van der Waals surface area (Å²) in [5.74, 6) is 0.616. The van der Waals surface area contributed by atoms with Gasteiger partial charge in [-0.2, -0.15) is 0 Å². The van der Waals surface area contributed by atoms with Crippen molar-refractivity contribution in [2.45, 2.75) is 5.41 Å². The van der Waals surface area contributed by atoms with E-state index < -0.39 is 5.41 Å². The van der Waals surface area contributed by atoms with Gasteiger partial charge in [-0.25, -0.2) is 9.97 Å². The lowest BCUT2D eigenvalue weighted by Gasteiger charge is -2.31. The van der Waals surface area contributed by atoms with Gasteiger partial charge in [0.25, 0.3) is 0 Å². The summed E-state index contributed by atoms with van der Waals surface area (Å²) in [5.41, 5.74) is 24.7. The average molecular weight is 990 g/mol. The van der Waals surface area contributed by atoms with Crippen molar-refractivity contribution in [3.63, 3.8) is 0 Å². The van der Waals surface area contributed by atoms with Crippen LogP contribution in [0.5, 0.6) is 0 Å². The molecule has 0 fully saturated rings. The summed E-state index contributed by atoms with van der Waals surface area (Å²) in [6.07, 6.45) is 0. The Morgan fingerprint density at radius 1 is 0.282 bits per heavy atom. The molecule has 0 unspecified atom stereocenters. The van der Waals surface area contributed by atoms with Crippen LogP contribution in [0.1, 0.15) is 22.3 Å². The van der Waals surface area contributed by atoms with E-state index in [0.29, 0.717) is 5.95 Å². The molecular formula is C75H47N3. The molecule has 3 nitrogen and oxygen atoms in total. The molecule has 2 aliphatic carbocycles. The molecule has 14 aromatic rings. The first-order valence-corrected chi connectivity index (χ1v) is 26.9. The summed E-state index contributed by atoms with van der Waals surface area (Å²) in [7, 11) is 0. The molecular weight excluding hydrogens is 943 g/mol. The Hall–Kier alpha value is -10.2. The molecule has 0 saturated carbocycles. The Morgan fingerprint density at radius 3 is 1.18 bits per heavy atom. The molecule has 2 heterocycles. The fourth-order valence-electron chi connectivity index (χ4n) is 13.3.